The quantitative estimate of drug-likeness (QED) is 0.136. The number of nitrogens with zero attached hydrogens (tertiary/aromatic N) is 2. The molecule has 0 spiro atoms. The number of amides is 2. The largest absolute Gasteiger partial charge is 0.465 e. The number of ether oxygens (including phenoxy) is 3. The predicted molar refractivity (Wildman–Crippen MR) is 180 cm³/mol. The molecule has 266 valence electrons. The van der Waals surface area contributed by atoms with E-state index in [4.69, 9.17) is 9.47 Å². The fourth-order valence-electron chi connectivity index (χ4n) is 4.98. The van der Waals surface area contributed by atoms with Crippen molar-refractivity contribution in [3.05, 3.63) is 112 Å². The number of benzene rings is 3. The Morgan fingerprint density at radius 3 is 2.12 bits per heavy atom. The molecule has 0 bridgehead atoms. The Morgan fingerprint density at radius 2 is 1.49 bits per heavy atom. The highest BCUT2D eigenvalue weighted by molar-refractivity contribution is 6.11. The first-order chi connectivity index (χ1) is 24.1. The maximum Gasteiger partial charge on any atom is 0.416 e. The number of alkyl halides is 3. The predicted octanol–water partition coefficient (Wildman–Crippen LogP) is 6.53. The number of hydrogen-bond donors (Lipinski definition) is 1. The molecule has 51 heavy (non-hydrogen) atoms. The summed E-state index contributed by atoms with van der Waals surface area (Å²) in [6.07, 6.45) is -3.97. The van der Waals surface area contributed by atoms with E-state index in [-0.39, 0.29) is 45.8 Å². The van der Waals surface area contributed by atoms with Gasteiger partial charge in [0.1, 0.15) is 11.3 Å². The summed E-state index contributed by atoms with van der Waals surface area (Å²) < 4.78 is 54.2. The molecule has 3 aromatic carbocycles. The van der Waals surface area contributed by atoms with Crippen molar-refractivity contribution in [2.24, 2.45) is 0 Å². The standard InChI is InChI=1S/C37H34F3N3O8/c1-21-9-16-26(32(41-21)23-11-14-25(15-12-23)37(38,39)40)33(45)42-29-17-10-22(19-27(29)34(46)43(2)3)7-6-8-31(44)51-30-18-13-24(35(47)49-4)20-28(30)36(48)50-5/h9-20H,6-8H2,1-5H3,(H,42,45). The Labute approximate surface area is 291 Å². The molecule has 0 atom stereocenters. The van der Waals surface area contributed by atoms with Crippen molar-refractivity contribution >= 4 is 35.4 Å². The molecule has 0 aliphatic rings. The van der Waals surface area contributed by atoms with E-state index in [1.165, 1.54) is 48.4 Å². The third-order valence-electron chi connectivity index (χ3n) is 7.61. The van der Waals surface area contributed by atoms with Gasteiger partial charge in [0.2, 0.25) is 0 Å². The normalized spacial score (nSPS) is 11.0. The van der Waals surface area contributed by atoms with Crippen LogP contribution in [0.1, 0.15) is 71.1 Å². The van der Waals surface area contributed by atoms with Crippen LogP contribution in [-0.2, 0) is 26.9 Å². The van der Waals surface area contributed by atoms with Crippen LogP contribution in [0.3, 0.4) is 0 Å². The van der Waals surface area contributed by atoms with Crippen LogP contribution in [0.2, 0.25) is 0 Å². The molecular formula is C37H34F3N3O8. The van der Waals surface area contributed by atoms with Gasteiger partial charge in [-0.05, 0) is 79.9 Å². The molecular weight excluding hydrogens is 671 g/mol. The molecule has 1 N–H and O–H groups in total. The zero-order chi connectivity index (χ0) is 37.5. The average Bonchev–Trinajstić information content (AvgIpc) is 3.10. The third kappa shape index (κ3) is 9.35. The number of aromatic nitrogens is 1. The number of rotatable bonds is 11. The average molecular weight is 706 g/mol. The summed E-state index contributed by atoms with van der Waals surface area (Å²) in [6, 6.07) is 16.1. The lowest BCUT2D eigenvalue weighted by Gasteiger charge is -2.17. The van der Waals surface area contributed by atoms with Gasteiger partial charge < -0.3 is 24.4 Å². The zero-order valence-electron chi connectivity index (χ0n) is 28.3. The van der Waals surface area contributed by atoms with E-state index in [0.29, 0.717) is 29.7 Å². The maximum atomic E-state index is 13.6. The van der Waals surface area contributed by atoms with Gasteiger partial charge in [-0.25, -0.2) is 9.59 Å². The van der Waals surface area contributed by atoms with E-state index in [2.05, 4.69) is 15.0 Å². The molecule has 4 aromatic rings. The Kier molecular flexibility index (Phi) is 11.9. The van der Waals surface area contributed by atoms with Crippen LogP contribution in [0.5, 0.6) is 5.75 Å². The molecule has 0 unspecified atom stereocenters. The Balaban J connectivity index is 1.50. The molecule has 1 heterocycles. The molecule has 14 heteroatoms. The van der Waals surface area contributed by atoms with E-state index in [9.17, 15) is 37.1 Å². The van der Waals surface area contributed by atoms with Gasteiger partial charge in [0, 0.05) is 31.8 Å². The number of anilines is 1. The second-order valence-electron chi connectivity index (χ2n) is 11.5. The van der Waals surface area contributed by atoms with Gasteiger partial charge in [-0.2, -0.15) is 13.2 Å². The first-order valence-corrected chi connectivity index (χ1v) is 15.5. The van der Waals surface area contributed by atoms with Crippen LogP contribution in [0.15, 0.2) is 72.8 Å². The highest BCUT2D eigenvalue weighted by atomic mass is 19.4. The van der Waals surface area contributed by atoms with Crippen molar-refractivity contribution in [3.63, 3.8) is 0 Å². The van der Waals surface area contributed by atoms with E-state index >= 15 is 0 Å². The minimum absolute atomic E-state index is 0.0653. The van der Waals surface area contributed by atoms with Crippen LogP contribution in [-0.4, -0.2) is 67.9 Å². The number of nitrogens with one attached hydrogen (secondary N) is 1. The van der Waals surface area contributed by atoms with Gasteiger partial charge >= 0.3 is 24.1 Å². The van der Waals surface area contributed by atoms with Crippen molar-refractivity contribution < 1.29 is 51.4 Å². The van der Waals surface area contributed by atoms with Crippen molar-refractivity contribution in [2.45, 2.75) is 32.4 Å². The Morgan fingerprint density at radius 1 is 0.804 bits per heavy atom. The fourth-order valence-corrected chi connectivity index (χ4v) is 4.98. The monoisotopic (exact) mass is 705 g/mol. The van der Waals surface area contributed by atoms with Crippen LogP contribution >= 0.6 is 0 Å². The minimum Gasteiger partial charge on any atom is -0.465 e. The number of methoxy groups -OCH3 is 2. The van der Waals surface area contributed by atoms with Crippen molar-refractivity contribution in [2.75, 3.05) is 33.6 Å². The summed E-state index contributed by atoms with van der Waals surface area (Å²) in [4.78, 5) is 69.3. The molecule has 11 nitrogen and oxygen atoms in total. The van der Waals surface area contributed by atoms with Crippen LogP contribution < -0.4 is 10.1 Å². The van der Waals surface area contributed by atoms with Gasteiger partial charge in [0.25, 0.3) is 11.8 Å². The molecule has 0 radical (unpaired) electrons. The van der Waals surface area contributed by atoms with Crippen molar-refractivity contribution in [3.8, 4) is 17.0 Å². The molecule has 1 aromatic heterocycles. The number of carbonyl (C=O) groups excluding carboxylic acids is 5. The second kappa shape index (κ2) is 16.1. The second-order valence-corrected chi connectivity index (χ2v) is 11.5. The Bertz CT molecular complexity index is 1980. The summed E-state index contributed by atoms with van der Waals surface area (Å²) in [5.74, 6) is -3.30. The van der Waals surface area contributed by atoms with Gasteiger partial charge in [-0.3, -0.25) is 19.4 Å². The van der Waals surface area contributed by atoms with Gasteiger partial charge in [0.15, 0.2) is 0 Å². The lowest BCUT2D eigenvalue weighted by molar-refractivity contribution is -0.137. The SMILES string of the molecule is COC(=O)c1ccc(OC(=O)CCCc2ccc(NC(=O)c3ccc(C)nc3-c3ccc(C(F)(F)F)cc3)c(C(=O)N(C)C)c2)c(C(=O)OC)c1. The van der Waals surface area contributed by atoms with Crippen molar-refractivity contribution in [1.29, 1.82) is 0 Å². The van der Waals surface area contributed by atoms with Gasteiger partial charge in [-0.1, -0.05) is 18.2 Å². The van der Waals surface area contributed by atoms with E-state index in [1.54, 1.807) is 45.3 Å². The lowest BCUT2D eigenvalue weighted by atomic mass is 10.0. The number of aryl methyl sites for hydroxylation is 2. The fraction of sp³-hybridized carbons (Fsp3) is 0.243. The molecule has 2 amide bonds. The summed E-state index contributed by atoms with van der Waals surface area (Å²) in [5.41, 5.74) is 1.21. The number of esters is 3. The molecule has 0 saturated heterocycles. The number of halogens is 3. The van der Waals surface area contributed by atoms with Crippen LogP contribution in [0.4, 0.5) is 18.9 Å². The molecule has 0 saturated carbocycles. The summed E-state index contributed by atoms with van der Waals surface area (Å²) in [6.45, 7) is 1.69. The van der Waals surface area contributed by atoms with E-state index in [1.807, 2.05) is 0 Å². The summed E-state index contributed by atoms with van der Waals surface area (Å²) >= 11 is 0. The van der Waals surface area contributed by atoms with Gasteiger partial charge in [0.05, 0.1) is 47.9 Å². The highest BCUT2D eigenvalue weighted by Crippen LogP contribution is 2.32. The summed E-state index contributed by atoms with van der Waals surface area (Å²) in [7, 11) is 5.42. The molecule has 0 fully saturated rings. The molecule has 0 aliphatic heterocycles. The maximum absolute atomic E-state index is 13.6. The number of carbonyl (C=O) groups is 5. The van der Waals surface area contributed by atoms with Gasteiger partial charge in [-0.15, -0.1) is 0 Å². The van der Waals surface area contributed by atoms with E-state index < -0.39 is 41.5 Å². The first-order valence-electron chi connectivity index (χ1n) is 15.5. The third-order valence-corrected chi connectivity index (χ3v) is 7.61. The highest BCUT2D eigenvalue weighted by Gasteiger charge is 2.30. The smallest absolute Gasteiger partial charge is 0.416 e. The summed E-state index contributed by atoms with van der Waals surface area (Å²) in [5, 5.41) is 2.74. The number of pyridine rings is 1. The zero-order valence-corrected chi connectivity index (χ0v) is 28.3. The first kappa shape index (κ1) is 37.8. The topological polar surface area (TPSA) is 141 Å². The van der Waals surface area contributed by atoms with Crippen molar-refractivity contribution in [1.82, 2.24) is 9.88 Å². The molecule has 0 aliphatic carbocycles. The minimum atomic E-state index is -4.53. The van der Waals surface area contributed by atoms with Crippen LogP contribution in [0, 0.1) is 6.92 Å². The van der Waals surface area contributed by atoms with Crippen LogP contribution in [0.25, 0.3) is 11.3 Å². The van der Waals surface area contributed by atoms with E-state index in [0.717, 1.165) is 19.2 Å². The Hall–Kier alpha value is -6.05. The molecule has 4 rings (SSSR count). The lowest BCUT2D eigenvalue weighted by Crippen LogP contribution is -2.24. The number of hydrogen-bond acceptors (Lipinski definition) is 9.